The second-order valence-electron chi connectivity index (χ2n) is 9.03. The number of likely N-dealkylation sites (tertiary alicyclic amines) is 1. The van der Waals surface area contributed by atoms with Gasteiger partial charge in [-0.1, -0.05) is 0 Å². The zero-order valence-electron chi connectivity index (χ0n) is 18.3. The van der Waals surface area contributed by atoms with Crippen LogP contribution < -0.4 is 5.73 Å². The smallest absolute Gasteiger partial charge is 0.320 e. The van der Waals surface area contributed by atoms with Gasteiger partial charge in [-0.05, 0) is 62.6 Å². The molecule has 2 N–H and O–H groups in total. The van der Waals surface area contributed by atoms with E-state index in [0.717, 1.165) is 52.9 Å². The maximum atomic E-state index is 12.2. The number of aromatic nitrogens is 5. The van der Waals surface area contributed by atoms with Gasteiger partial charge in [0.25, 0.3) is 0 Å². The number of anilines is 1. The van der Waals surface area contributed by atoms with Crippen LogP contribution in [0, 0.1) is 0 Å². The lowest BCUT2D eigenvalue weighted by atomic mass is 9.93. The van der Waals surface area contributed by atoms with E-state index >= 15 is 0 Å². The summed E-state index contributed by atoms with van der Waals surface area (Å²) in [7, 11) is 1.88. The summed E-state index contributed by atoms with van der Waals surface area (Å²) in [6, 6.07) is 0. The minimum atomic E-state index is -0.464. The van der Waals surface area contributed by atoms with Crippen LogP contribution in [-0.4, -0.2) is 60.5 Å². The van der Waals surface area contributed by atoms with Crippen molar-refractivity contribution >= 4 is 33.4 Å². The summed E-state index contributed by atoms with van der Waals surface area (Å²) in [4.78, 5) is 19.3. The van der Waals surface area contributed by atoms with Gasteiger partial charge in [0.1, 0.15) is 11.4 Å². The molecule has 1 aliphatic heterocycles. The molecular weight excluding hydrogens is 462 g/mol. The molecular formula is C21H28BrN7O2. The van der Waals surface area contributed by atoms with Gasteiger partial charge in [-0.25, -0.2) is 4.98 Å². The van der Waals surface area contributed by atoms with Gasteiger partial charge < -0.3 is 10.5 Å². The normalized spacial score (nSPS) is 16.2. The average Bonchev–Trinajstić information content (AvgIpc) is 3.30. The van der Waals surface area contributed by atoms with Gasteiger partial charge in [-0.15, -0.1) is 0 Å². The molecule has 31 heavy (non-hydrogen) atoms. The number of piperidine rings is 1. The van der Waals surface area contributed by atoms with Crippen molar-refractivity contribution in [1.82, 2.24) is 29.3 Å². The van der Waals surface area contributed by atoms with Crippen molar-refractivity contribution in [2.24, 2.45) is 7.05 Å². The SMILES string of the molecule is Cn1cc(-c2cnn3c(N)c(Br)c(C4CCN(CC(=O)OC(C)(C)C)CC4)nc23)cn1. The molecule has 0 atom stereocenters. The Labute approximate surface area is 189 Å². The number of nitrogen functional groups attached to an aromatic ring is 1. The van der Waals surface area contributed by atoms with E-state index in [0.29, 0.717) is 12.4 Å². The Morgan fingerprint density at radius 3 is 2.58 bits per heavy atom. The van der Waals surface area contributed by atoms with Crippen LogP contribution in [0.1, 0.15) is 45.2 Å². The van der Waals surface area contributed by atoms with E-state index in [4.69, 9.17) is 15.5 Å². The first-order chi connectivity index (χ1) is 14.6. The Bertz CT molecular complexity index is 1110. The van der Waals surface area contributed by atoms with E-state index in [2.05, 4.69) is 31.0 Å². The highest BCUT2D eigenvalue weighted by atomic mass is 79.9. The second-order valence-corrected chi connectivity index (χ2v) is 9.82. The molecule has 0 amide bonds. The van der Waals surface area contributed by atoms with E-state index in [-0.39, 0.29) is 11.9 Å². The monoisotopic (exact) mass is 489 g/mol. The molecule has 10 heteroatoms. The molecule has 1 fully saturated rings. The number of hydrogen-bond acceptors (Lipinski definition) is 7. The largest absolute Gasteiger partial charge is 0.459 e. The summed E-state index contributed by atoms with van der Waals surface area (Å²) in [6.07, 6.45) is 7.29. The molecule has 0 unspecified atom stereocenters. The van der Waals surface area contributed by atoms with Crippen LogP contribution in [0.2, 0.25) is 0 Å². The Morgan fingerprint density at radius 1 is 1.26 bits per heavy atom. The van der Waals surface area contributed by atoms with Crippen molar-refractivity contribution in [2.75, 3.05) is 25.4 Å². The van der Waals surface area contributed by atoms with Crippen molar-refractivity contribution in [3.63, 3.8) is 0 Å². The fourth-order valence-electron chi connectivity index (χ4n) is 3.97. The highest BCUT2D eigenvalue weighted by Crippen LogP contribution is 2.36. The minimum Gasteiger partial charge on any atom is -0.459 e. The third-order valence-corrected chi connectivity index (χ3v) is 6.22. The van der Waals surface area contributed by atoms with Crippen molar-refractivity contribution in [2.45, 2.75) is 45.1 Å². The van der Waals surface area contributed by atoms with Gasteiger partial charge in [0.05, 0.1) is 29.1 Å². The maximum absolute atomic E-state index is 12.2. The van der Waals surface area contributed by atoms with Crippen molar-refractivity contribution in [1.29, 1.82) is 0 Å². The molecule has 0 aromatic carbocycles. The lowest BCUT2D eigenvalue weighted by Gasteiger charge is -2.32. The van der Waals surface area contributed by atoms with E-state index in [1.165, 1.54) is 0 Å². The Kier molecular flexibility index (Phi) is 5.78. The van der Waals surface area contributed by atoms with Gasteiger partial charge in [-0.3, -0.25) is 14.4 Å². The first-order valence-electron chi connectivity index (χ1n) is 10.4. The summed E-state index contributed by atoms with van der Waals surface area (Å²) < 4.78 is 9.65. The molecule has 4 heterocycles. The first kappa shape index (κ1) is 21.8. The number of carbonyl (C=O) groups is 1. The number of ether oxygens (including phenoxy) is 1. The van der Waals surface area contributed by atoms with Crippen LogP contribution in [0.15, 0.2) is 23.1 Å². The van der Waals surface area contributed by atoms with Crippen LogP contribution in [0.5, 0.6) is 0 Å². The Morgan fingerprint density at radius 2 is 1.97 bits per heavy atom. The quantitative estimate of drug-likeness (QED) is 0.561. The topological polar surface area (TPSA) is 104 Å². The zero-order valence-corrected chi connectivity index (χ0v) is 19.9. The van der Waals surface area contributed by atoms with Crippen LogP contribution >= 0.6 is 15.9 Å². The third kappa shape index (κ3) is 4.59. The van der Waals surface area contributed by atoms with Gasteiger partial charge >= 0.3 is 5.97 Å². The predicted octanol–water partition coefficient (Wildman–Crippen LogP) is 3.00. The number of hydrogen-bond donors (Lipinski definition) is 1. The van der Waals surface area contributed by atoms with Crippen LogP contribution in [0.4, 0.5) is 5.82 Å². The molecule has 0 spiro atoms. The van der Waals surface area contributed by atoms with E-state index in [9.17, 15) is 4.79 Å². The van der Waals surface area contributed by atoms with E-state index < -0.39 is 5.60 Å². The highest BCUT2D eigenvalue weighted by molar-refractivity contribution is 9.10. The van der Waals surface area contributed by atoms with Crippen molar-refractivity contribution in [3.8, 4) is 11.1 Å². The molecule has 1 saturated heterocycles. The average molecular weight is 490 g/mol. The van der Waals surface area contributed by atoms with Crippen LogP contribution in [-0.2, 0) is 16.6 Å². The number of nitrogens with zero attached hydrogens (tertiary/aromatic N) is 6. The number of rotatable bonds is 4. The van der Waals surface area contributed by atoms with Crippen LogP contribution in [0.3, 0.4) is 0 Å². The molecule has 0 saturated carbocycles. The molecule has 0 radical (unpaired) electrons. The molecule has 3 aromatic heterocycles. The summed E-state index contributed by atoms with van der Waals surface area (Å²) in [5.41, 5.74) is 9.44. The second kappa shape index (κ2) is 8.23. The van der Waals surface area contributed by atoms with Gasteiger partial charge in [0.2, 0.25) is 0 Å². The molecule has 4 rings (SSSR count). The van der Waals surface area contributed by atoms with Crippen LogP contribution in [0.25, 0.3) is 16.8 Å². The fourth-order valence-corrected chi connectivity index (χ4v) is 4.55. The highest BCUT2D eigenvalue weighted by Gasteiger charge is 2.28. The molecule has 1 aliphatic rings. The van der Waals surface area contributed by atoms with E-state index in [1.807, 2.05) is 34.0 Å². The van der Waals surface area contributed by atoms with Gasteiger partial charge in [0.15, 0.2) is 5.65 Å². The predicted molar refractivity (Wildman–Crippen MR) is 122 cm³/mol. The fraction of sp³-hybridized carbons (Fsp3) is 0.524. The number of nitrogens with two attached hydrogens (primary N) is 1. The lowest BCUT2D eigenvalue weighted by molar-refractivity contribution is -0.156. The number of halogens is 1. The minimum absolute atomic E-state index is 0.184. The van der Waals surface area contributed by atoms with Crippen molar-refractivity contribution in [3.05, 3.63) is 28.8 Å². The molecule has 0 aliphatic carbocycles. The Hall–Kier alpha value is -2.46. The summed E-state index contributed by atoms with van der Waals surface area (Å²) >= 11 is 3.64. The maximum Gasteiger partial charge on any atom is 0.320 e. The standard InChI is InChI=1S/C21H28BrN7O2/c1-21(2,3)31-16(30)12-28-7-5-13(6-8-28)18-17(22)19(23)29-20(26-18)15(10-25-29)14-9-24-27(4)11-14/h9-11,13H,5-8,12,23H2,1-4H3. The molecule has 166 valence electrons. The number of aryl methyl sites for hydroxylation is 1. The Balaban J connectivity index is 1.54. The first-order valence-corrected chi connectivity index (χ1v) is 11.2. The van der Waals surface area contributed by atoms with E-state index in [1.54, 1.807) is 21.6 Å². The number of fused-ring (bicyclic) bond motifs is 1. The molecule has 9 nitrogen and oxygen atoms in total. The van der Waals surface area contributed by atoms with Gasteiger partial charge in [-0.2, -0.15) is 14.7 Å². The van der Waals surface area contributed by atoms with Gasteiger partial charge in [0, 0.05) is 30.3 Å². The molecule has 3 aromatic rings. The lowest BCUT2D eigenvalue weighted by Crippen LogP contribution is -2.39. The zero-order chi connectivity index (χ0) is 22.3. The number of carbonyl (C=O) groups excluding carboxylic acids is 1. The summed E-state index contributed by atoms with van der Waals surface area (Å²) in [5.74, 6) is 0.593. The third-order valence-electron chi connectivity index (χ3n) is 5.41. The summed E-state index contributed by atoms with van der Waals surface area (Å²) in [6.45, 7) is 7.58. The van der Waals surface area contributed by atoms with Crippen molar-refractivity contribution < 1.29 is 9.53 Å². The number of esters is 1. The molecule has 0 bridgehead atoms. The summed E-state index contributed by atoms with van der Waals surface area (Å²) in [5, 5.41) is 8.68.